The van der Waals surface area contributed by atoms with E-state index in [1.807, 2.05) is 30.5 Å². The molecule has 1 aliphatic heterocycles. The van der Waals surface area contributed by atoms with E-state index in [-0.39, 0.29) is 11.9 Å². The number of morpholine rings is 1. The van der Waals surface area contributed by atoms with Crippen molar-refractivity contribution in [3.05, 3.63) is 29.3 Å². The Morgan fingerprint density at radius 3 is 3.04 bits per heavy atom. The van der Waals surface area contributed by atoms with Crippen LogP contribution in [0.1, 0.15) is 5.69 Å². The van der Waals surface area contributed by atoms with Gasteiger partial charge in [-0.2, -0.15) is 0 Å². The van der Waals surface area contributed by atoms with E-state index in [0.717, 1.165) is 29.8 Å². The molecule has 0 aliphatic carbocycles. The molecule has 0 amide bonds. The number of nitrogens with one attached hydrogen (secondary N) is 1. The van der Waals surface area contributed by atoms with Crippen molar-refractivity contribution in [2.45, 2.75) is 13.0 Å². The molecule has 2 aromatic heterocycles. The van der Waals surface area contributed by atoms with E-state index in [4.69, 9.17) is 4.74 Å². The van der Waals surface area contributed by atoms with Crippen LogP contribution >= 0.6 is 11.3 Å². The van der Waals surface area contributed by atoms with E-state index in [9.17, 15) is 5.11 Å². The van der Waals surface area contributed by atoms with Crippen LogP contribution in [0.2, 0.25) is 0 Å². The molecule has 2 N–H and O–H groups in total. The summed E-state index contributed by atoms with van der Waals surface area (Å²) in [4.78, 5) is 6.74. The predicted molar refractivity (Wildman–Crippen MR) is 103 cm³/mol. The smallest absolute Gasteiger partial charge is 0.243 e. The molecule has 1 saturated heterocycles. The van der Waals surface area contributed by atoms with Gasteiger partial charge < -0.3 is 20.1 Å². The molecule has 7 nitrogen and oxygen atoms in total. The molecule has 0 saturated carbocycles. The summed E-state index contributed by atoms with van der Waals surface area (Å²) in [6.07, 6.45) is 0.113. The number of nitrogens with zero attached hydrogens (tertiary/aromatic N) is 4. The first kappa shape index (κ1) is 17.1. The van der Waals surface area contributed by atoms with E-state index in [1.165, 1.54) is 0 Å². The van der Waals surface area contributed by atoms with Gasteiger partial charge in [0.2, 0.25) is 5.95 Å². The highest BCUT2D eigenvalue weighted by molar-refractivity contribution is 7.17. The number of hydrogen-bond donors (Lipinski definition) is 2. The largest absolute Gasteiger partial charge is 0.507 e. The van der Waals surface area contributed by atoms with Crippen LogP contribution in [-0.2, 0) is 4.74 Å². The van der Waals surface area contributed by atoms with Gasteiger partial charge in [0.1, 0.15) is 11.4 Å². The molecule has 0 bridgehead atoms. The lowest BCUT2D eigenvalue weighted by molar-refractivity contribution is -0.0118. The maximum atomic E-state index is 10.6. The van der Waals surface area contributed by atoms with Crippen LogP contribution in [0.15, 0.2) is 23.6 Å². The summed E-state index contributed by atoms with van der Waals surface area (Å²) in [5.41, 5.74) is 1.96. The number of anilines is 1. The Hall–Kier alpha value is -2.29. The first-order valence-electron chi connectivity index (χ1n) is 8.56. The summed E-state index contributed by atoms with van der Waals surface area (Å²) in [5.74, 6) is 0.696. The van der Waals surface area contributed by atoms with Gasteiger partial charge in [0.15, 0.2) is 0 Å². The van der Waals surface area contributed by atoms with Gasteiger partial charge in [0.25, 0.3) is 0 Å². The standard InChI is InChI=1S/C18H21N5O2S/c1-11-16(14-3-4-15-13(17(14)24)5-8-26-15)21-22-18(20-11)19-9-12-10-23(2)6-7-25-12/h3-5,8,12,24H,6-7,9-10H2,1-2H3,(H,19,20,22)/t12-/m0/s1. The summed E-state index contributed by atoms with van der Waals surface area (Å²) >= 11 is 1.60. The first-order chi connectivity index (χ1) is 12.6. The zero-order valence-electron chi connectivity index (χ0n) is 14.8. The van der Waals surface area contributed by atoms with E-state index >= 15 is 0 Å². The quantitative estimate of drug-likeness (QED) is 0.729. The average Bonchev–Trinajstić information content (AvgIpc) is 3.11. The summed E-state index contributed by atoms with van der Waals surface area (Å²) < 4.78 is 6.77. The number of hydrogen-bond acceptors (Lipinski definition) is 8. The van der Waals surface area contributed by atoms with Gasteiger partial charge in [-0.05, 0) is 37.6 Å². The molecule has 136 valence electrons. The first-order valence-corrected chi connectivity index (χ1v) is 9.44. The molecule has 0 unspecified atom stereocenters. The minimum absolute atomic E-state index is 0.113. The second kappa shape index (κ2) is 7.14. The highest BCUT2D eigenvalue weighted by Gasteiger charge is 2.19. The normalized spacial score (nSPS) is 18.3. The number of thiophene rings is 1. The minimum Gasteiger partial charge on any atom is -0.507 e. The molecule has 8 heteroatoms. The molecule has 26 heavy (non-hydrogen) atoms. The van der Waals surface area contributed by atoms with E-state index in [0.29, 0.717) is 29.4 Å². The number of aryl methyl sites for hydroxylation is 1. The number of likely N-dealkylation sites (N-methyl/N-ethyl adjacent to an activating group) is 1. The Kier molecular flexibility index (Phi) is 4.71. The third kappa shape index (κ3) is 3.35. The maximum Gasteiger partial charge on any atom is 0.243 e. The Morgan fingerprint density at radius 2 is 2.23 bits per heavy atom. The number of benzene rings is 1. The van der Waals surface area contributed by atoms with E-state index < -0.39 is 0 Å². The Labute approximate surface area is 155 Å². The molecule has 1 atom stereocenters. The van der Waals surface area contributed by atoms with Gasteiger partial charge in [-0.3, -0.25) is 0 Å². The number of phenols is 1. The van der Waals surface area contributed by atoms with E-state index in [2.05, 4.69) is 32.4 Å². The molecule has 3 aromatic rings. The van der Waals surface area contributed by atoms with Gasteiger partial charge in [0.05, 0.1) is 18.4 Å². The van der Waals surface area contributed by atoms with E-state index in [1.54, 1.807) is 11.3 Å². The van der Waals surface area contributed by atoms with Crippen LogP contribution in [0, 0.1) is 6.92 Å². The highest BCUT2D eigenvalue weighted by atomic mass is 32.1. The number of aromatic nitrogens is 3. The second-order valence-corrected chi connectivity index (χ2v) is 7.45. The Balaban J connectivity index is 1.52. The Morgan fingerprint density at radius 1 is 1.35 bits per heavy atom. The highest BCUT2D eigenvalue weighted by Crippen LogP contribution is 2.37. The minimum atomic E-state index is 0.113. The molecule has 0 spiro atoms. The van der Waals surface area contributed by atoms with Crippen molar-refractivity contribution in [2.75, 3.05) is 38.6 Å². The van der Waals surface area contributed by atoms with Crippen LogP contribution in [0.25, 0.3) is 21.3 Å². The van der Waals surface area contributed by atoms with Gasteiger partial charge >= 0.3 is 0 Å². The average molecular weight is 371 g/mol. The SMILES string of the molecule is Cc1nc(NC[C@H]2CN(C)CCO2)nnc1-c1ccc2sccc2c1O. The van der Waals surface area contributed by atoms with Crippen LogP contribution < -0.4 is 5.32 Å². The van der Waals surface area contributed by atoms with Crippen molar-refractivity contribution >= 4 is 27.4 Å². The predicted octanol–water partition coefficient (Wildman–Crippen LogP) is 2.51. The number of ether oxygens (including phenoxy) is 1. The third-order valence-electron chi connectivity index (χ3n) is 4.55. The molecule has 0 radical (unpaired) electrons. The lowest BCUT2D eigenvalue weighted by Gasteiger charge is -2.30. The van der Waals surface area contributed by atoms with Gasteiger partial charge in [-0.15, -0.1) is 21.5 Å². The van der Waals surface area contributed by atoms with Crippen molar-refractivity contribution < 1.29 is 9.84 Å². The lowest BCUT2D eigenvalue weighted by atomic mass is 10.1. The number of rotatable bonds is 4. The maximum absolute atomic E-state index is 10.6. The van der Waals surface area contributed by atoms with Gasteiger partial charge in [-0.1, -0.05) is 0 Å². The summed E-state index contributed by atoms with van der Waals surface area (Å²) in [5, 5.41) is 25.0. The molecule has 3 heterocycles. The van der Waals surface area contributed by atoms with Crippen LogP contribution in [0.5, 0.6) is 5.75 Å². The molecular weight excluding hydrogens is 350 g/mol. The summed E-state index contributed by atoms with van der Waals surface area (Å²) in [6.45, 7) is 5.09. The lowest BCUT2D eigenvalue weighted by Crippen LogP contribution is -2.43. The molecular formula is C18H21N5O2S. The molecule has 1 fully saturated rings. The van der Waals surface area contributed by atoms with Crippen molar-refractivity contribution in [3.8, 4) is 17.0 Å². The van der Waals surface area contributed by atoms with Gasteiger partial charge in [0, 0.05) is 35.3 Å². The number of phenolic OH excluding ortho intramolecular Hbond substituents is 1. The zero-order chi connectivity index (χ0) is 18.1. The number of aromatic hydroxyl groups is 1. The zero-order valence-corrected chi connectivity index (χ0v) is 15.6. The van der Waals surface area contributed by atoms with Crippen LogP contribution in [-0.4, -0.2) is 64.6 Å². The topological polar surface area (TPSA) is 83.4 Å². The summed E-state index contributed by atoms with van der Waals surface area (Å²) in [6, 6.07) is 5.76. The van der Waals surface area contributed by atoms with Crippen molar-refractivity contribution in [3.63, 3.8) is 0 Å². The van der Waals surface area contributed by atoms with Crippen LogP contribution in [0.4, 0.5) is 5.95 Å². The van der Waals surface area contributed by atoms with Crippen molar-refractivity contribution in [2.24, 2.45) is 0 Å². The monoisotopic (exact) mass is 371 g/mol. The fourth-order valence-electron chi connectivity index (χ4n) is 3.14. The molecule has 1 aliphatic rings. The second-order valence-electron chi connectivity index (χ2n) is 6.50. The number of fused-ring (bicyclic) bond motifs is 1. The van der Waals surface area contributed by atoms with Gasteiger partial charge in [-0.25, -0.2) is 4.98 Å². The molecule has 4 rings (SSSR count). The Bertz CT molecular complexity index is 929. The fraction of sp³-hybridized carbons (Fsp3) is 0.389. The van der Waals surface area contributed by atoms with Crippen LogP contribution in [0.3, 0.4) is 0 Å². The third-order valence-corrected chi connectivity index (χ3v) is 5.43. The molecule has 1 aromatic carbocycles. The van der Waals surface area contributed by atoms with Crippen molar-refractivity contribution in [1.82, 2.24) is 20.1 Å². The van der Waals surface area contributed by atoms with Crippen molar-refractivity contribution in [1.29, 1.82) is 0 Å². The summed E-state index contributed by atoms with van der Waals surface area (Å²) in [7, 11) is 2.09. The fourth-order valence-corrected chi connectivity index (χ4v) is 3.93.